The van der Waals surface area contributed by atoms with Crippen LogP contribution in [0.2, 0.25) is 0 Å². The summed E-state index contributed by atoms with van der Waals surface area (Å²) >= 11 is 0. The number of hydrogen-bond donors (Lipinski definition) is 8. The maximum atomic E-state index is 11.3. The second kappa shape index (κ2) is 9.52. The number of hydrogen-bond acceptors (Lipinski definition) is 8. The zero-order valence-corrected chi connectivity index (χ0v) is 12.9. The summed E-state index contributed by atoms with van der Waals surface area (Å²) in [6.07, 6.45) is -6.64. The molecule has 0 amide bonds. The quantitative estimate of drug-likeness (QED) is 0.227. The molecule has 0 aliphatic carbocycles. The summed E-state index contributed by atoms with van der Waals surface area (Å²) in [5.74, 6) is -1.13. The number of aliphatic hydroxyl groups excluding tert-OH is 5. The fourth-order valence-corrected chi connectivity index (χ4v) is 2.06. The third kappa shape index (κ3) is 6.04. The van der Waals surface area contributed by atoms with Gasteiger partial charge in [0.2, 0.25) is 0 Å². The predicted octanol–water partition coefficient (Wildman–Crippen LogP) is -2.59. The van der Waals surface area contributed by atoms with Crippen LogP contribution in [-0.4, -0.2) is 85.3 Å². The lowest BCUT2D eigenvalue weighted by Crippen LogP contribution is -2.51. The number of aliphatic carboxylic acids is 1. The molecule has 0 saturated heterocycles. The van der Waals surface area contributed by atoms with E-state index < -0.39 is 43.0 Å². The van der Waals surface area contributed by atoms with Gasteiger partial charge in [0.15, 0.2) is 0 Å². The van der Waals surface area contributed by atoms with Crippen molar-refractivity contribution in [1.82, 2.24) is 5.32 Å². The number of aliphatic hydroxyl groups is 5. The van der Waals surface area contributed by atoms with Crippen LogP contribution in [0.4, 0.5) is 0 Å². The Kier molecular flexibility index (Phi) is 8.05. The van der Waals surface area contributed by atoms with Gasteiger partial charge in [0.25, 0.3) is 0 Å². The molecule has 0 aliphatic heterocycles. The van der Waals surface area contributed by atoms with E-state index >= 15 is 0 Å². The highest BCUT2D eigenvalue weighted by molar-refractivity contribution is 5.73. The van der Waals surface area contributed by atoms with Crippen LogP contribution in [0.5, 0.6) is 5.75 Å². The van der Waals surface area contributed by atoms with Gasteiger partial charge in [0.1, 0.15) is 30.1 Å². The van der Waals surface area contributed by atoms with Gasteiger partial charge in [-0.25, -0.2) is 0 Å². The van der Waals surface area contributed by atoms with Gasteiger partial charge in [-0.3, -0.25) is 4.79 Å². The summed E-state index contributed by atoms with van der Waals surface area (Å²) in [7, 11) is 0. The number of carboxylic acids is 1. The van der Waals surface area contributed by atoms with Crippen LogP contribution in [0, 0.1) is 0 Å². The number of phenolic OH excluding ortho intramolecular Hbond substituents is 1. The maximum absolute atomic E-state index is 11.3. The molecule has 9 heteroatoms. The van der Waals surface area contributed by atoms with Gasteiger partial charge in [0.05, 0.1) is 12.7 Å². The maximum Gasteiger partial charge on any atom is 0.321 e. The Bertz CT molecular complexity index is 509. The molecule has 24 heavy (non-hydrogen) atoms. The molecule has 1 aromatic carbocycles. The molecule has 0 saturated carbocycles. The van der Waals surface area contributed by atoms with Crippen molar-refractivity contribution in [2.45, 2.75) is 36.9 Å². The molecular weight excluding hydrogens is 322 g/mol. The molecule has 136 valence electrons. The lowest BCUT2D eigenvalue weighted by Gasteiger charge is -2.26. The van der Waals surface area contributed by atoms with Gasteiger partial charge in [-0.2, -0.15) is 0 Å². The van der Waals surface area contributed by atoms with E-state index in [9.17, 15) is 35.4 Å². The second-order valence-electron chi connectivity index (χ2n) is 5.47. The summed E-state index contributed by atoms with van der Waals surface area (Å²) in [6, 6.07) is 4.87. The van der Waals surface area contributed by atoms with E-state index in [1.165, 1.54) is 12.1 Å². The van der Waals surface area contributed by atoms with Gasteiger partial charge in [-0.05, 0) is 24.1 Å². The van der Waals surface area contributed by atoms with Gasteiger partial charge in [0, 0.05) is 6.54 Å². The second-order valence-corrected chi connectivity index (χ2v) is 5.47. The van der Waals surface area contributed by atoms with Gasteiger partial charge < -0.3 is 41.1 Å². The summed E-state index contributed by atoms with van der Waals surface area (Å²) in [6.45, 7) is -1.15. The number of carbonyl (C=O) groups is 1. The van der Waals surface area contributed by atoms with Gasteiger partial charge in [-0.1, -0.05) is 12.1 Å². The number of aromatic hydroxyl groups is 1. The van der Waals surface area contributed by atoms with Crippen LogP contribution in [0.25, 0.3) is 0 Å². The Labute approximate surface area is 138 Å². The van der Waals surface area contributed by atoms with Crippen molar-refractivity contribution in [2.24, 2.45) is 0 Å². The number of nitrogens with one attached hydrogen (secondary N) is 1. The Morgan fingerprint density at radius 2 is 1.54 bits per heavy atom. The van der Waals surface area contributed by atoms with E-state index in [0.717, 1.165) is 0 Å². The van der Waals surface area contributed by atoms with Crippen LogP contribution in [0.15, 0.2) is 24.3 Å². The molecule has 0 aliphatic rings. The largest absolute Gasteiger partial charge is 0.508 e. The Morgan fingerprint density at radius 3 is 2.04 bits per heavy atom. The van der Waals surface area contributed by atoms with Gasteiger partial charge >= 0.3 is 5.97 Å². The molecule has 9 nitrogen and oxygen atoms in total. The average Bonchev–Trinajstić information content (AvgIpc) is 2.57. The van der Waals surface area contributed by atoms with E-state index in [4.69, 9.17) is 5.11 Å². The zero-order chi connectivity index (χ0) is 18.3. The van der Waals surface area contributed by atoms with E-state index in [-0.39, 0.29) is 18.7 Å². The number of rotatable bonds is 10. The number of benzene rings is 1. The first kappa shape index (κ1) is 20.3. The topological polar surface area (TPSA) is 171 Å². The van der Waals surface area contributed by atoms with E-state index in [0.29, 0.717) is 5.56 Å². The van der Waals surface area contributed by atoms with Crippen molar-refractivity contribution >= 4 is 5.97 Å². The summed E-state index contributed by atoms with van der Waals surface area (Å²) in [5.41, 5.74) is 0.637. The first-order valence-electron chi connectivity index (χ1n) is 7.33. The normalized spacial score (nSPS) is 17.7. The van der Waals surface area contributed by atoms with E-state index in [1.807, 2.05) is 0 Å². The van der Waals surface area contributed by atoms with Crippen LogP contribution in [-0.2, 0) is 11.2 Å². The van der Waals surface area contributed by atoms with E-state index in [2.05, 4.69) is 5.32 Å². The molecule has 0 fully saturated rings. The molecule has 8 N–H and O–H groups in total. The Hall–Kier alpha value is -1.75. The zero-order valence-electron chi connectivity index (χ0n) is 12.9. The van der Waals surface area contributed by atoms with Crippen LogP contribution in [0.1, 0.15) is 5.56 Å². The van der Waals surface area contributed by atoms with Crippen molar-refractivity contribution in [3.05, 3.63) is 29.8 Å². The summed E-state index contributed by atoms with van der Waals surface area (Å²) in [5, 5.41) is 67.8. The van der Waals surface area contributed by atoms with Gasteiger partial charge in [-0.15, -0.1) is 0 Å². The van der Waals surface area contributed by atoms with Crippen molar-refractivity contribution in [1.29, 1.82) is 0 Å². The number of phenols is 1. The predicted molar refractivity (Wildman–Crippen MR) is 82.4 cm³/mol. The van der Waals surface area contributed by atoms with Crippen LogP contribution in [0.3, 0.4) is 0 Å². The minimum Gasteiger partial charge on any atom is -0.508 e. The minimum absolute atomic E-state index is 0.0496. The lowest BCUT2D eigenvalue weighted by molar-refractivity contribution is -0.140. The Morgan fingerprint density at radius 1 is 1.00 bits per heavy atom. The molecule has 0 bridgehead atoms. The van der Waals surface area contributed by atoms with Crippen molar-refractivity contribution in [3.63, 3.8) is 0 Å². The third-order valence-electron chi connectivity index (χ3n) is 3.57. The highest BCUT2D eigenvalue weighted by Gasteiger charge is 2.30. The number of carboxylic acid groups (broad SMARTS) is 1. The highest BCUT2D eigenvalue weighted by atomic mass is 16.4. The molecule has 0 radical (unpaired) electrons. The minimum atomic E-state index is -1.77. The van der Waals surface area contributed by atoms with Crippen molar-refractivity contribution < 1.29 is 40.5 Å². The van der Waals surface area contributed by atoms with Crippen LogP contribution < -0.4 is 5.32 Å². The fraction of sp³-hybridized carbons (Fsp3) is 0.533. The monoisotopic (exact) mass is 345 g/mol. The van der Waals surface area contributed by atoms with Crippen LogP contribution >= 0.6 is 0 Å². The first-order valence-corrected chi connectivity index (χ1v) is 7.33. The fourth-order valence-electron chi connectivity index (χ4n) is 2.06. The lowest BCUT2D eigenvalue weighted by atomic mass is 10.0. The standard InChI is InChI=1S/C15H23NO8/c17-7-12(20)14(22)13(21)11(19)6-16-10(15(23)24)5-8-1-3-9(18)4-2-8/h1-4,10-14,16-22H,5-7H2,(H,23,24)/t10-,11?,12?,13?,14?/m0/s1. The average molecular weight is 345 g/mol. The molecule has 1 rings (SSSR count). The molecule has 5 atom stereocenters. The van der Waals surface area contributed by atoms with Crippen molar-refractivity contribution in [3.8, 4) is 5.75 Å². The molecule has 0 aromatic heterocycles. The molecular formula is C15H23NO8. The van der Waals surface area contributed by atoms with E-state index in [1.54, 1.807) is 12.1 Å². The molecule has 0 spiro atoms. The third-order valence-corrected chi connectivity index (χ3v) is 3.57. The van der Waals surface area contributed by atoms with Crippen molar-refractivity contribution in [2.75, 3.05) is 13.2 Å². The molecule has 4 unspecified atom stereocenters. The molecule has 0 heterocycles. The SMILES string of the molecule is O=C(O)[C@H](Cc1ccc(O)cc1)NCC(O)C(O)C(O)C(O)CO. The smallest absolute Gasteiger partial charge is 0.321 e. The summed E-state index contributed by atoms with van der Waals surface area (Å²) in [4.78, 5) is 11.3. The first-order chi connectivity index (χ1) is 11.3. The highest BCUT2D eigenvalue weighted by Crippen LogP contribution is 2.12. The molecule has 1 aromatic rings. The Balaban J connectivity index is 2.59. The summed E-state index contributed by atoms with van der Waals surface area (Å²) < 4.78 is 0.